The van der Waals surface area contributed by atoms with Crippen LogP contribution in [0.1, 0.15) is 28.4 Å². The Morgan fingerprint density at radius 3 is 2.12 bits per heavy atom. The van der Waals surface area contributed by atoms with Crippen molar-refractivity contribution in [1.82, 2.24) is 0 Å². The molecule has 7 heteroatoms. The predicted octanol–water partition coefficient (Wildman–Crippen LogP) is 4.50. The molecule has 164 valence electrons. The van der Waals surface area contributed by atoms with Gasteiger partial charge in [0.15, 0.2) is 6.61 Å². The first-order valence-corrected chi connectivity index (χ1v) is 10.00. The number of nitrogens with one attached hydrogen (secondary N) is 2. The van der Waals surface area contributed by atoms with Crippen molar-refractivity contribution in [3.05, 3.63) is 83.4 Å². The number of ether oxygens (including phenoxy) is 2. The Morgan fingerprint density at radius 2 is 1.47 bits per heavy atom. The Hall–Kier alpha value is -4.13. The molecule has 3 aromatic carbocycles. The van der Waals surface area contributed by atoms with E-state index in [1.54, 1.807) is 42.5 Å². The molecule has 0 bridgehead atoms. The molecule has 0 heterocycles. The van der Waals surface area contributed by atoms with Gasteiger partial charge in [-0.1, -0.05) is 12.1 Å². The number of anilines is 2. The third kappa shape index (κ3) is 6.43. The minimum absolute atomic E-state index is 0.111. The molecule has 2 N–H and O–H groups in total. The fourth-order valence-electron chi connectivity index (χ4n) is 2.86. The largest absolute Gasteiger partial charge is 0.484 e. The third-order valence-corrected chi connectivity index (χ3v) is 4.63. The zero-order chi connectivity index (χ0) is 23.1. The quantitative estimate of drug-likeness (QED) is 0.424. The number of esters is 1. The molecule has 0 aliphatic rings. The molecule has 0 aliphatic carbocycles. The van der Waals surface area contributed by atoms with E-state index in [2.05, 4.69) is 10.6 Å². The Balaban J connectivity index is 1.53. The molecular weight excluding hydrogens is 408 g/mol. The number of hydrogen-bond acceptors (Lipinski definition) is 5. The van der Waals surface area contributed by atoms with Crippen LogP contribution in [0.2, 0.25) is 0 Å². The van der Waals surface area contributed by atoms with Crippen LogP contribution >= 0.6 is 0 Å². The van der Waals surface area contributed by atoms with Crippen LogP contribution in [0.3, 0.4) is 0 Å². The SMILES string of the molecule is CC(=O)Oc1cccc(C(=O)Nc2ccc(NC(=O)COc3ccc(C)c(C)c3)cc2)c1. The van der Waals surface area contributed by atoms with Gasteiger partial charge in [0, 0.05) is 23.9 Å². The zero-order valence-electron chi connectivity index (χ0n) is 18.1. The maximum absolute atomic E-state index is 12.4. The number of hydrogen-bond donors (Lipinski definition) is 2. The smallest absolute Gasteiger partial charge is 0.308 e. The van der Waals surface area contributed by atoms with E-state index in [9.17, 15) is 14.4 Å². The Kier molecular flexibility index (Phi) is 7.23. The molecule has 3 aromatic rings. The van der Waals surface area contributed by atoms with Gasteiger partial charge in [0.1, 0.15) is 11.5 Å². The first-order valence-electron chi connectivity index (χ1n) is 10.00. The van der Waals surface area contributed by atoms with Crippen LogP contribution in [0.5, 0.6) is 11.5 Å². The normalized spacial score (nSPS) is 10.2. The summed E-state index contributed by atoms with van der Waals surface area (Å²) in [5.74, 6) is -0.162. The fraction of sp³-hybridized carbons (Fsp3) is 0.160. The van der Waals surface area contributed by atoms with E-state index in [-0.39, 0.29) is 18.4 Å². The van der Waals surface area contributed by atoms with Gasteiger partial charge in [0.05, 0.1) is 0 Å². The first-order chi connectivity index (χ1) is 15.3. The highest BCUT2D eigenvalue weighted by Gasteiger charge is 2.09. The molecule has 3 rings (SSSR count). The summed E-state index contributed by atoms with van der Waals surface area (Å²) in [6.07, 6.45) is 0. The van der Waals surface area contributed by atoms with Gasteiger partial charge in [-0.3, -0.25) is 14.4 Å². The Morgan fingerprint density at radius 1 is 0.781 bits per heavy atom. The molecule has 32 heavy (non-hydrogen) atoms. The minimum atomic E-state index is -0.459. The van der Waals surface area contributed by atoms with Crippen LogP contribution in [0.25, 0.3) is 0 Å². The van der Waals surface area contributed by atoms with Gasteiger partial charge in [-0.2, -0.15) is 0 Å². The number of benzene rings is 3. The lowest BCUT2D eigenvalue weighted by atomic mass is 10.1. The third-order valence-electron chi connectivity index (χ3n) is 4.63. The van der Waals surface area contributed by atoms with E-state index in [1.807, 2.05) is 32.0 Å². The van der Waals surface area contributed by atoms with Gasteiger partial charge in [-0.05, 0) is 79.6 Å². The van der Waals surface area contributed by atoms with Gasteiger partial charge >= 0.3 is 5.97 Å². The van der Waals surface area contributed by atoms with Crippen molar-refractivity contribution in [2.45, 2.75) is 20.8 Å². The van der Waals surface area contributed by atoms with E-state index in [0.717, 1.165) is 11.1 Å². The summed E-state index contributed by atoms with van der Waals surface area (Å²) in [5.41, 5.74) is 3.74. The van der Waals surface area contributed by atoms with Crippen LogP contribution in [0, 0.1) is 13.8 Å². The average Bonchev–Trinajstić information content (AvgIpc) is 2.75. The molecule has 0 fully saturated rings. The first kappa shape index (κ1) is 22.6. The highest BCUT2D eigenvalue weighted by Crippen LogP contribution is 2.18. The molecular formula is C25H24N2O5. The van der Waals surface area contributed by atoms with E-state index < -0.39 is 5.97 Å². The monoisotopic (exact) mass is 432 g/mol. The lowest BCUT2D eigenvalue weighted by Gasteiger charge is -2.10. The molecule has 0 saturated heterocycles. The topological polar surface area (TPSA) is 93.7 Å². The molecule has 0 saturated carbocycles. The number of amides is 2. The number of aryl methyl sites for hydroxylation is 2. The van der Waals surface area contributed by atoms with E-state index in [4.69, 9.17) is 9.47 Å². The zero-order valence-corrected chi connectivity index (χ0v) is 18.1. The highest BCUT2D eigenvalue weighted by atomic mass is 16.5. The van der Waals surface area contributed by atoms with E-state index >= 15 is 0 Å². The highest BCUT2D eigenvalue weighted by molar-refractivity contribution is 6.04. The average molecular weight is 432 g/mol. The van der Waals surface area contributed by atoms with Crippen molar-refractivity contribution in [3.8, 4) is 11.5 Å². The van der Waals surface area contributed by atoms with Crippen LogP contribution in [0.15, 0.2) is 66.7 Å². The van der Waals surface area contributed by atoms with Gasteiger partial charge in [-0.15, -0.1) is 0 Å². The Labute approximate surface area is 186 Å². The van der Waals surface area contributed by atoms with Crippen molar-refractivity contribution in [1.29, 1.82) is 0 Å². The molecule has 0 unspecified atom stereocenters. The predicted molar refractivity (Wildman–Crippen MR) is 122 cm³/mol. The second-order valence-electron chi connectivity index (χ2n) is 7.24. The van der Waals surface area contributed by atoms with E-state index in [0.29, 0.717) is 28.4 Å². The summed E-state index contributed by atoms with van der Waals surface area (Å²) < 4.78 is 10.5. The minimum Gasteiger partial charge on any atom is -0.484 e. The number of carbonyl (C=O) groups excluding carboxylic acids is 3. The second-order valence-corrected chi connectivity index (χ2v) is 7.24. The van der Waals surface area contributed by atoms with E-state index in [1.165, 1.54) is 13.0 Å². The Bertz CT molecular complexity index is 1140. The lowest BCUT2D eigenvalue weighted by molar-refractivity contribution is -0.131. The lowest BCUT2D eigenvalue weighted by Crippen LogP contribution is -2.20. The van der Waals surface area contributed by atoms with Gasteiger partial charge in [0.2, 0.25) is 0 Å². The maximum atomic E-state index is 12.4. The summed E-state index contributed by atoms with van der Waals surface area (Å²) in [4.78, 5) is 35.7. The van der Waals surface area contributed by atoms with Crippen molar-refractivity contribution in [2.24, 2.45) is 0 Å². The van der Waals surface area contributed by atoms with Crippen molar-refractivity contribution in [3.63, 3.8) is 0 Å². The number of carbonyl (C=O) groups is 3. The van der Waals surface area contributed by atoms with Crippen molar-refractivity contribution in [2.75, 3.05) is 17.2 Å². The molecule has 2 amide bonds. The molecule has 7 nitrogen and oxygen atoms in total. The molecule has 0 aliphatic heterocycles. The summed E-state index contributed by atoms with van der Waals surface area (Å²) in [7, 11) is 0. The van der Waals surface area contributed by atoms with Crippen LogP contribution in [-0.2, 0) is 9.59 Å². The summed E-state index contributed by atoms with van der Waals surface area (Å²) in [6, 6.07) is 18.7. The summed E-state index contributed by atoms with van der Waals surface area (Å²) in [5, 5.41) is 5.51. The van der Waals surface area contributed by atoms with Crippen molar-refractivity contribution < 1.29 is 23.9 Å². The maximum Gasteiger partial charge on any atom is 0.308 e. The number of rotatable bonds is 7. The summed E-state index contributed by atoms with van der Waals surface area (Å²) in [6.45, 7) is 5.18. The molecule has 0 atom stereocenters. The fourth-order valence-corrected chi connectivity index (χ4v) is 2.86. The van der Waals surface area contributed by atoms with Gasteiger partial charge < -0.3 is 20.1 Å². The van der Waals surface area contributed by atoms with Crippen LogP contribution in [0.4, 0.5) is 11.4 Å². The van der Waals surface area contributed by atoms with Crippen molar-refractivity contribution >= 4 is 29.2 Å². The van der Waals surface area contributed by atoms with Crippen LogP contribution in [-0.4, -0.2) is 24.4 Å². The van der Waals surface area contributed by atoms with Crippen LogP contribution < -0.4 is 20.1 Å². The summed E-state index contributed by atoms with van der Waals surface area (Å²) >= 11 is 0. The molecule has 0 spiro atoms. The molecule has 0 aromatic heterocycles. The molecule has 0 radical (unpaired) electrons. The van der Waals surface area contributed by atoms with Gasteiger partial charge in [-0.25, -0.2) is 0 Å². The van der Waals surface area contributed by atoms with Gasteiger partial charge in [0.25, 0.3) is 11.8 Å². The second kappa shape index (κ2) is 10.3. The standard InChI is InChI=1S/C25H24N2O5/c1-16-7-12-22(13-17(16)2)31-15-24(29)26-20-8-10-21(11-9-20)27-25(30)19-5-4-6-23(14-19)32-18(3)28/h4-14H,15H2,1-3H3,(H,26,29)(H,27,30).